The van der Waals surface area contributed by atoms with Gasteiger partial charge in [0.15, 0.2) is 11.5 Å². The molecular weight excluding hydrogens is 559 g/mol. The van der Waals surface area contributed by atoms with Gasteiger partial charge in [-0.1, -0.05) is 13.0 Å². The minimum absolute atomic E-state index is 0.0962. The number of hydrogen-bond donors (Lipinski definition) is 1. The predicted octanol–water partition coefficient (Wildman–Crippen LogP) is 6.81. The fourth-order valence-corrected chi connectivity index (χ4v) is 8.98. The monoisotopic (exact) mass is 604 g/mol. The first-order chi connectivity index (χ1) is 21.4. The number of fused-ring (bicyclic) bond motifs is 7. The Kier molecular flexibility index (Phi) is 8.06. The van der Waals surface area contributed by atoms with Crippen LogP contribution in [0.1, 0.15) is 92.1 Å². The lowest BCUT2D eigenvalue weighted by Crippen LogP contribution is -2.43. The van der Waals surface area contributed by atoms with Crippen LogP contribution in [0, 0.1) is 17.3 Å². The maximum atomic E-state index is 13.9. The third-order valence-electron chi connectivity index (χ3n) is 11.4. The summed E-state index contributed by atoms with van der Waals surface area (Å²) < 4.78 is 31.6. The maximum absolute atomic E-state index is 13.9. The highest BCUT2D eigenvalue weighted by molar-refractivity contribution is 6.03. The maximum Gasteiger partial charge on any atom is 0.256 e. The lowest BCUT2D eigenvalue weighted by atomic mass is 9.55. The molecule has 2 aromatic rings. The summed E-state index contributed by atoms with van der Waals surface area (Å²) in [5, 5.41) is 10.7. The van der Waals surface area contributed by atoms with Crippen molar-refractivity contribution in [2.75, 3.05) is 26.9 Å². The van der Waals surface area contributed by atoms with Crippen LogP contribution in [0.2, 0.25) is 0 Å². The van der Waals surface area contributed by atoms with E-state index in [2.05, 4.69) is 30.1 Å². The number of hydrogen-bond acceptors (Lipinski definition) is 6. The number of aliphatic imine (C=N–C) groups is 1. The van der Waals surface area contributed by atoms with Crippen molar-refractivity contribution < 1.29 is 28.5 Å². The SMILES string of the molecule is COc1cc2c(cc1OCCCCCOc1ccc3c(c1)CC[C@@H]1[C@@H]3CC[C@]3(C)[C@@H](O)CC[C@@H]13)N=C[C@@H]1C[C@@H](F)CN1C2=O. The molecule has 2 aromatic carbocycles. The van der Waals surface area contributed by atoms with E-state index in [0.717, 1.165) is 44.3 Å². The highest BCUT2D eigenvalue weighted by Crippen LogP contribution is 2.61. The Morgan fingerprint density at radius 2 is 1.89 bits per heavy atom. The van der Waals surface area contributed by atoms with Crippen molar-refractivity contribution in [2.24, 2.45) is 22.2 Å². The Morgan fingerprint density at radius 3 is 2.73 bits per heavy atom. The molecular formula is C36H45FN2O5. The second-order valence-corrected chi connectivity index (χ2v) is 13.8. The van der Waals surface area contributed by atoms with E-state index in [1.807, 2.05) is 0 Å². The number of unbranched alkanes of at least 4 members (excludes halogenated alkanes) is 2. The topological polar surface area (TPSA) is 80.6 Å². The average Bonchev–Trinajstić information content (AvgIpc) is 3.52. The number of benzene rings is 2. The molecule has 2 saturated carbocycles. The van der Waals surface area contributed by atoms with Gasteiger partial charge in [-0.05, 0) is 110 Å². The number of aliphatic hydroxyl groups excluding tert-OH is 1. The summed E-state index contributed by atoms with van der Waals surface area (Å²) in [7, 11) is 1.55. The lowest BCUT2D eigenvalue weighted by Gasteiger charge is -2.50. The van der Waals surface area contributed by atoms with Crippen LogP contribution >= 0.6 is 0 Å². The molecule has 0 spiro atoms. The van der Waals surface area contributed by atoms with E-state index >= 15 is 0 Å². The molecule has 8 heteroatoms. The molecule has 1 saturated heterocycles. The second-order valence-electron chi connectivity index (χ2n) is 13.8. The molecule has 44 heavy (non-hydrogen) atoms. The first kappa shape index (κ1) is 29.6. The molecule has 2 aliphatic heterocycles. The summed E-state index contributed by atoms with van der Waals surface area (Å²) in [6, 6.07) is 9.84. The largest absolute Gasteiger partial charge is 0.494 e. The number of amides is 1. The Balaban J connectivity index is 0.882. The zero-order valence-corrected chi connectivity index (χ0v) is 26.0. The van der Waals surface area contributed by atoms with Gasteiger partial charge >= 0.3 is 0 Å². The minimum atomic E-state index is -1.02. The summed E-state index contributed by atoms with van der Waals surface area (Å²) in [6.07, 6.45) is 10.4. The fraction of sp³-hybridized carbons (Fsp3) is 0.611. The Bertz CT molecular complexity index is 1430. The zero-order chi connectivity index (χ0) is 30.4. The highest BCUT2D eigenvalue weighted by atomic mass is 19.1. The minimum Gasteiger partial charge on any atom is -0.494 e. The Morgan fingerprint density at radius 1 is 1.05 bits per heavy atom. The van der Waals surface area contributed by atoms with Gasteiger partial charge in [0, 0.05) is 18.7 Å². The number of carbonyl (C=O) groups is 1. The van der Waals surface area contributed by atoms with Crippen molar-refractivity contribution in [3.63, 3.8) is 0 Å². The van der Waals surface area contributed by atoms with E-state index in [4.69, 9.17) is 14.2 Å². The van der Waals surface area contributed by atoms with Crippen molar-refractivity contribution in [3.05, 3.63) is 47.0 Å². The molecule has 0 aromatic heterocycles. The average molecular weight is 605 g/mol. The van der Waals surface area contributed by atoms with Crippen LogP contribution in [-0.4, -0.2) is 67.3 Å². The van der Waals surface area contributed by atoms with Gasteiger partial charge in [0.05, 0.1) is 50.3 Å². The Labute approximate surface area is 259 Å². The van der Waals surface area contributed by atoms with Gasteiger partial charge in [-0.3, -0.25) is 9.79 Å². The molecule has 1 N–H and O–H groups in total. The molecule has 7 rings (SSSR count). The van der Waals surface area contributed by atoms with E-state index < -0.39 is 6.17 Å². The van der Waals surface area contributed by atoms with Gasteiger partial charge in [-0.25, -0.2) is 4.39 Å². The number of halogens is 1. The van der Waals surface area contributed by atoms with Crippen molar-refractivity contribution in [3.8, 4) is 17.2 Å². The number of rotatable bonds is 9. The molecule has 2 heterocycles. The van der Waals surface area contributed by atoms with E-state index in [1.54, 1.807) is 30.4 Å². The normalized spacial score (nSPS) is 31.8. The first-order valence-electron chi connectivity index (χ1n) is 16.6. The number of methoxy groups -OCH3 is 1. The predicted molar refractivity (Wildman–Crippen MR) is 167 cm³/mol. The van der Waals surface area contributed by atoms with Crippen LogP contribution in [0.3, 0.4) is 0 Å². The van der Waals surface area contributed by atoms with Crippen molar-refractivity contribution in [1.82, 2.24) is 4.90 Å². The molecule has 3 fully saturated rings. The molecule has 3 aliphatic carbocycles. The van der Waals surface area contributed by atoms with Gasteiger partial charge < -0.3 is 24.2 Å². The van der Waals surface area contributed by atoms with Gasteiger partial charge in [-0.15, -0.1) is 0 Å². The third kappa shape index (κ3) is 5.27. The van der Waals surface area contributed by atoms with Crippen molar-refractivity contribution >= 4 is 17.8 Å². The smallest absolute Gasteiger partial charge is 0.256 e. The molecule has 7 nitrogen and oxygen atoms in total. The summed E-state index contributed by atoms with van der Waals surface area (Å²) in [5.41, 5.74) is 4.03. The van der Waals surface area contributed by atoms with Crippen LogP contribution in [0.15, 0.2) is 35.3 Å². The zero-order valence-electron chi connectivity index (χ0n) is 26.0. The molecule has 5 aliphatic rings. The van der Waals surface area contributed by atoms with Crippen LogP contribution in [0.5, 0.6) is 17.2 Å². The lowest BCUT2D eigenvalue weighted by molar-refractivity contribution is -0.0226. The first-order valence-corrected chi connectivity index (χ1v) is 16.6. The fourth-order valence-electron chi connectivity index (χ4n) is 8.98. The summed E-state index contributed by atoms with van der Waals surface area (Å²) in [6.45, 7) is 3.61. The summed E-state index contributed by atoms with van der Waals surface area (Å²) in [5.74, 6) is 3.77. The number of aliphatic hydroxyl groups is 1. The number of carbonyl (C=O) groups excluding carboxylic acids is 1. The van der Waals surface area contributed by atoms with Crippen LogP contribution in [0.25, 0.3) is 0 Å². The number of alkyl halides is 1. The van der Waals surface area contributed by atoms with E-state index in [-0.39, 0.29) is 36.4 Å². The van der Waals surface area contributed by atoms with E-state index in [9.17, 15) is 14.3 Å². The third-order valence-corrected chi connectivity index (χ3v) is 11.4. The van der Waals surface area contributed by atoms with Gasteiger partial charge in [-0.2, -0.15) is 0 Å². The van der Waals surface area contributed by atoms with Crippen molar-refractivity contribution in [2.45, 2.75) is 95.4 Å². The van der Waals surface area contributed by atoms with Gasteiger partial charge in [0.2, 0.25) is 0 Å². The second kappa shape index (κ2) is 12.0. The van der Waals surface area contributed by atoms with Crippen LogP contribution < -0.4 is 14.2 Å². The highest BCUT2D eigenvalue weighted by Gasteiger charge is 2.54. The number of aryl methyl sites for hydroxylation is 1. The van der Waals surface area contributed by atoms with Gasteiger partial charge in [0.25, 0.3) is 5.91 Å². The molecule has 0 radical (unpaired) electrons. The molecule has 7 atom stereocenters. The molecule has 236 valence electrons. The molecule has 0 bridgehead atoms. The number of ether oxygens (including phenoxy) is 3. The van der Waals surface area contributed by atoms with Crippen LogP contribution in [-0.2, 0) is 6.42 Å². The summed E-state index contributed by atoms with van der Waals surface area (Å²) >= 11 is 0. The summed E-state index contributed by atoms with van der Waals surface area (Å²) in [4.78, 5) is 19.1. The molecule has 1 amide bonds. The molecule has 0 unspecified atom stereocenters. The Hall–Kier alpha value is -3.13. The standard InChI is InChI=1S/C36H45FN2O5/c1-36-13-12-27-26-9-7-25(16-22(26)6-8-28(27)30(36)10-11-34(36)40)43-14-4-3-5-15-44-33-19-31-29(18-32(33)42-2)35(41)39-21-23(37)17-24(39)20-38-31/h7,9,16,18-20,23-24,27-28,30,34,40H,3-6,8,10-15,17,21H2,1-2H3/t23-,24+,27-,28-,30+,34+,36+/m1/s1. The van der Waals surface area contributed by atoms with E-state index in [1.165, 1.54) is 30.4 Å². The quantitative estimate of drug-likeness (QED) is 0.318. The van der Waals surface area contributed by atoms with Gasteiger partial charge in [0.1, 0.15) is 11.9 Å². The van der Waals surface area contributed by atoms with Crippen molar-refractivity contribution in [1.29, 1.82) is 0 Å². The van der Waals surface area contributed by atoms with Crippen LogP contribution in [0.4, 0.5) is 10.1 Å². The van der Waals surface area contributed by atoms with E-state index in [0.29, 0.717) is 53.7 Å². The number of nitrogens with zero attached hydrogens (tertiary/aromatic N) is 2.